The Labute approximate surface area is 118 Å². The highest BCUT2D eigenvalue weighted by atomic mass is 28.2. The second-order valence-corrected chi connectivity index (χ2v) is 5.48. The van der Waals surface area contributed by atoms with Gasteiger partial charge in [0, 0.05) is 18.8 Å². The Balaban J connectivity index is 2.31. The first-order valence-corrected chi connectivity index (χ1v) is 8.47. The Morgan fingerprint density at radius 1 is 1.21 bits per heavy atom. The highest BCUT2D eigenvalue weighted by Gasteiger charge is 2.08. The van der Waals surface area contributed by atoms with Crippen molar-refractivity contribution in [3.63, 3.8) is 0 Å². The van der Waals surface area contributed by atoms with Gasteiger partial charge >= 0.3 is 0 Å². The minimum atomic E-state index is -0.602. The van der Waals surface area contributed by atoms with E-state index in [1.807, 2.05) is 44.2 Å². The molecule has 0 spiro atoms. The van der Waals surface area contributed by atoms with Crippen LogP contribution in [0.4, 0.5) is 0 Å². The lowest BCUT2D eigenvalue weighted by Crippen LogP contribution is -2.18. The van der Waals surface area contributed by atoms with Crippen molar-refractivity contribution in [1.82, 2.24) is 0 Å². The van der Waals surface area contributed by atoms with Gasteiger partial charge in [0.1, 0.15) is 5.75 Å². The Bertz CT molecular complexity index is 362. The zero-order valence-corrected chi connectivity index (χ0v) is 13.3. The van der Waals surface area contributed by atoms with Crippen molar-refractivity contribution in [1.29, 1.82) is 0 Å². The van der Waals surface area contributed by atoms with Gasteiger partial charge in [-0.3, -0.25) is 0 Å². The molecule has 0 aromatic heterocycles. The molecule has 1 rings (SSSR count). The lowest BCUT2D eigenvalue weighted by Gasteiger charge is -2.16. The summed E-state index contributed by atoms with van der Waals surface area (Å²) in [6, 6.07) is 9.02. The quantitative estimate of drug-likeness (QED) is 0.374. The van der Waals surface area contributed by atoms with E-state index in [2.05, 4.69) is 6.58 Å². The molecule has 0 bridgehead atoms. The van der Waals surface area contributed by atoms with Crippen LogP contribution in [0.5, 0.6) is 5.75 Å². The van der Waals surface area contributed by atoms with E-state index in [4.69, 9.17) is 13.9 Å². The molecular weight excluding hydrogens is 256 g/mol. The number of para-hydroxylation sites is 1. The van der Waals surface area contributed by atoms with Crippen LogP contribution in [0.1, 0.15) is 25.8 Å². The predicted octanol–water partition coefficient (Wildman–Crippen LogP) is 3.00. The summed E-state index contributed by atoms with van der Waals surface area (Å²) in [5, 5.41) is 0. The van der Waals surface area contributed by atoms with E-state index >= 15 is 0 Å². The molecule has 1 aromatic rings. The Morgan fingerprint density at radius 3 is 2.53 bits per heavy atom. The first-order chi connectivity index (χ1) is 9.31. The van der Waals surface area contributed by atoms with Crippen molar-refractivity contribution < 1.29 is 13.9 Å². The minimum Gasteiger partial charge on any atom is -0.549 e. The maximum absolute atomic E-state index is 5.89. The fraction of sp³-hybridized carbons (Fsp3) is 0.467. The third-order valence-corrected chi connectivity index (χ3v) is 3.90. The summed E-state index contributed by atoms with van der Waals surface area (Å²) in [6.07, 6.45) is 2.65. The fourth-order valence-corrected chi connectivity index (χ4v) is 2.93. The van der Waals surface area contributed by atoms with Crippen LogP contribution in [-0.4, -0.2) is 29.3 Å². The van der Waals surface area contributed by atoms with E-state index < -0.39 is 9.76 Å². The van der Waals surface area contributed by atoms with Gasteiger partial charge in [-0.05, 0) is 32.4 Å². The summed E-state index contributed by atoms with van der Waals surface area (Å²) in [7, 11) is -0.602. The molecule has 0 saturated carbocycles. The van der Waals surface area contributed by atoms with E-state index in [0.29, 0.717) is 13.2 Å². The molecule has 1 aromatic carbocycles. The van der Waals surface area contributed by atoms with Crippen LogP contribution in [0.3, 0.4) is 0 Å². The Kier molecular flexibility index (Phi) is 8.21. The summed E-state index contributed by atoms with van der Waals surface area (Å²) in [5.41, 5.74) is 1.06. The summed E-state index contributed by atoms with van der Waals surface area (Å²) in [5.74, 6) is 0.938. The van der Waals surface area contributed by atoms with Crippen LogP contribution in [0.25, 0.3) is 6.08 Å². The third kappa shape index (κ3) is 6.05. The van der Waals surface area contributed by atoms with Gasteiger partial charge in [-0.1, -0.05) is 30.9 Å². The summed E-state index contributed by atoms with van der Waals surface area (Å²) < 4.78 is 16.9. The summed E-state index contributed by atoms with van der Waals surface area (Å²) in [6.45, 7) is 9.14. The van der Waals surface area contributed by atoms with Crippen molar-refractivity contribution in [3.8, 4) is 5.75 Å². The molecule has 0 aliphatic heterocycles. The standard InChI is InChI=1S/C15H24O3Si/c1-4-13-9-7-8-10-14(13)18-19-12-11-15(16-5-2)17-6-3/h4,7-10,15H,1,5-6,11-12,19H2,2-3H3. The summed E-state index contributed by atoms with van der Waals surface area (Å²) in [4.78, 5) is 0. The SMILES string of the molecule is C=Cc1ccccc1O[SiH2]CCC(OCC)OCC. The average Bonchev–Trinajstić information content (AvgIpc) is 2.44. The molecule has 0 radical (unpaired) electrons. The molecule has 0 unspecified atom stereocenters. The van der Waals surface area contributed by atoms with Crippen molar-refractivity contribution >= 4 is 15.8 Å². The molecule has 19 heavy (non-hydrogen) atoms. The average molecular weight is 280 g/mol. The zero-order chi connectivity index (χ0) is 13.9. The number of ether oxygens (including phenoxy) is 2. The molecule has 0 aliphatic rings. The molecular formula is C15H24O3Si. The van der Waals surface area contributed by atoms with E-state index in [-0.39, 0.29) is 6.29 Å². The molecule has 0 saturated heterocycles. The van der Waals surface area contributed by atoms with Crippen LogP contribution in [0, 0.1) is 0 Å². The van der Waals surface area contributed by atoms with Crippen LogP contribution < -0.4 is 4.43 Å². The lowest BCUT2D eigenvalue weighted by molar-refractivity contribution is -0.136. The van der Waals surface area contributed by atoms with Gasteiger partial charge < -0.3 is 13.9 Å². The molecule has 0 aliphatic carbocycles. The highest BCUT2D eigenvalue weighted by Crippen LogP contribution is 2.18. The van der Waals surface area contributed by atoms with E-state index in [1.165, 1.54) is 0 Å². The van der Waals surface area contributed by atoms with Gasteiger partial charge in [-0.15, -0.1) is 0 Å². The smallest absolute Gasteiger partial charge is 0.219 e. The van der Waals surface area contributed by atoms with Crippen molar-refractivity contribution in [2.45, 2.75) is 32.6 Å². The predicted molar refractivity (Wildman–Crippen MR) is 82.2 cm³/mol. The topological polar surface area (TPSA) is 27.7 Å². The van der Waals surface area contributed by atoms with Crippen LogP contribution in [-0.2, 0) is 9.47 Å². The van der Waals surface area contributed by atoms with Crippen molar-refractivity contribution in [2.24, 2.45) is 0 Å². The second-order valence-electron chi connectivity index (χ2n) is 4.07. The van der Waals surface area contributed by atoms with Crippen molar-refractivity contribution in [2.75, 3.05) is 13.2 Å². The van der Waals surface area contributed by atoms with E-state index in [0.717, 1.165) is 23.8 Å². The van der Waals surface area contributed by atoms with Crippen molar-refractivity contribution in [3.05, 3.63) is 36.4 Å². The summed E-state index contributed by atoms with van der Waals surface area (Å²) >= 11 is 0. The first kappa shape index (κ1) is 16.0. The monoisotopic (exact) mass is 280 g/mol. The molecule has 3 nitrogen and oxygen atoms in total. The van der Waals surface area contributed by atoms with Gasteiger partial charge in [0.2, 0.25) is 9.76 Å². The zero-order valence-electron chi connectivity index (χ0n) is 11.9. The lowest BCUT2D eigenvalue weighted by atomic mass is 10.2. The van der Waals surface area contributed by atoms with E-state index in [9.17, 15) is 0 Å². The number of hydrogen-bond donors (Lipinski definition) is 0. The van der Waals surface area contributed by atoms with Gasteiger partial charge in [0.05, 0.1) is 0 Å². The maximum Gasteiger partial charge on any atom is 0.219 e. The molecule has 0 N–H and O–H groups in total. The first-order valence-electron chi connectivity index (χ1n) is 6.89. The molecule has 0 amide bonds. The largest absolute Gasteiger partial charge is 0.549 e. The normalized spacial score (nSPS) is 11.3. The van der Waals surface area contributed by atoms with Crippen LogP contribution in [0.15, 0.2) is 30.8 Å². The molecule has 0 atom stereocenters. The Morgan fingerprint density at radius 2 is 1.89 bits per heavy atom. The highest BCUT2D eigenvalue weighted by molar-refractivity contribution is 6.28. The minimum absolute atomic E-state index is 0.0826. The fourth-order valence-electron chi connectivity index (χ4n) is 1.80. The number of benzene rings is 1. The number of hydrogen-bond acceptors (Lipinski definition) is 3. The van der Waals surface area contributed by atoms with Gasteiger partial charge in [-0.25, -0.2) is 0 Å². The second kappa shape index (κ2) is 9.78. The van der Waals surface area contributed by atoms with Crippen LogP contribution >= 0.6 is 0 Å². The third-order valence-electron chi connectivity index (χ3n) is 2.69. The molecule has 0 heterocycles. The number of rotatable bonds is 10. The van der Waals surface area contributed by atoms with Gasteiger partial charge in [0.15, 0.2) is 6.29 Å². The Hall–Kier alpha value is -1.10. The van der Waals surface area contributed by atoms with Gasteiger partial charge in [0.25, 0.3) is 0 Å². The molecule has 0 fully saturated rings. The van der Waals surface area contributed by atoms with Gasteiger partial charge in [-0.2, -0.15) is 0 Å². The van der Waals surface area contributed by atoms with E-state index in [1.54, 1.807) is 0 Å². The van der Waals surface area contributed by atoms with Crippen LogP contribution in [0.2, 0.25) is 6.04 Å². The molecule has 4 heteroatoms. The molecule has 106 valence electrons. The maximum atomic E-state index is 5.89.